The number of ether oxygens (including phenoxy) is 4. The number of carbonyl (C=O) groups is 1. The van der Waals surface area contributed by atoms with Crippen LogP contribution in [0.25, 0.3) is 0 Å². The summed E-state index contributed by atoms with van der Waals surface area (Å²) in [6, 6.07) is 4.36. The van der Waals surface area contributed by atoms with Gasteiger partial charge in [-0.25, -0.2) is 4.98 Å². The van der Waals surface area contributed by atoms with E-state index in [-0.39, 0.29) is 12.0 Å². The molecule has 1 aromatic heterocycles. The number of aryl methyl sites for hydroxylation is 1. The van der Waals surface area contributed by atoms with Crippen LogP contribution in [0.15, 0.2) is 23.7 Å². The van der Waals surface area contributed by atoms with Crippen molar-refractivity contribution in [3.05, 3.63) is 29.3 Å². The Morgan fingerprint density at radius 3 is 2.35 bits per heavy atom. The molecule has 0 unspecified atom stereocenters. The second kappa shape index (κ2) is 11.8. The minimum Gasteiger partial charge on any atom is -0.493 e. The van der Waals surface area contributed by atoms with Crippen molar-refractivity contribution >= 4 is 17.2 Å². The van der Waals surface area contributed by atoms with Gasteiger partial charge in [-0.2, -0.15) is 0 Å². The number of rotatable bonds is 9. The van der Waals surface area contributed by atoms with E-state index in [2.05, 4.69) is 9.88 Å². The zero-order chi connectivity index (χ0) is 23.9. The van der Waals surface area contributed by atoms with Crippen LogP contribution in [0.3, 0.4) is 0 Å². The van der Waals surface area contributed by atoms with Crippen LogP contribution in [0.2, 0.25) is 0 Å². The zero-order valence-corrected chi connectivity index (χ0v) is 21.1. The van der Waals surface area contributed by atoms with E-state index in [1.54, 1.807) is 38.9 Å². The summed E-state index contributed by atoms with van der Waals surface area (Å²) in [5.41, 5.74) is 0.950. The van der Waals surface area contributed by atoms with Crippen molar-refractivity contribution in [2.45, 2.75) is 50.7 Å². The maximum absolute atomic E-state index is 12.9. The summed E-state index contributed by atoms with van der Waals surface area (Å²) in [5.74, 6) is 2.02. The van der Waals surface area contributed by atoms with Crippen LogP contribution in [-0.4, -0.2) is 80.3 Å². The fraction of sp³-hybridized carbons (Fsp3) is 0.600. The Morgan fingerprint density at radius 1 is 1.00 bits per heavy atom. The summed E-state index contributed by atoms with van der Waals surface area (Å²) in [5, 5.41) is 2.72. The van der Waals surface area contributed by atoms with Crippen molar-refractivity contribution in [3.63, 3.8) is 0 Å². The molecule has 1 aromatic carbocycles. The first-order valence-corrected chi connectivity index (χ1v) is 12.9. The fourth-order valence-corrected chi connectivity index (χ4v) is 5.56. The van der Waals surface area contributed by atoms with Gasteiger partial charge in [0.05, 0.1) is 21.3 Å². The highest BCUT2D eigenvalue weighted by molar-refractivity contribution is 7.11. The maximum atomic E-state index is 12.9. The van der Waals surface area contributed by atoms with Crippen molar-refractivity contribution in [2.24, 2.45) is 0 Å². The second-order valence-electron chi connectivity index (χ2n) is 8.76. The van der Waals surface area contributed by atoms with Crippen molar-refractivity contribution in [3.8, 4) is 22.4 Å². The number of hydrogen-bond donors (Lipinski definition) is 0. The Hall–Kier alpha value is -2.52. The minimum absolute atomic E-state index is 0.200. The van der Waals surface area contributed by atoms with Crippen molar-refractivity contribution in [1.82, 2.24) is 14.8 Å². The number of hydrogen-bond acceptors (Lipinski definition) is 8. The second-order valence-corrected chi connectivity index (χ2v) is 9.61. The van der Waals surface area contributed by atoms with Crippen molar-refractivity contribution < 1.29 is 23.7 Å². The Balaban J connectivity index is 1.22. The molecule has 0 radical (unpaired) electrons. The smallest absolute Gasteiger partial charge is 0.273 e. The lowest BCUT2D eigenvalue weighted by Gasteiger charge is -2.41. The van der Waals surface area contributed by atoms with E-state index >= 15 is 0 Å². The summed E-state index contributed by atoms with van der Waals surface area (Å²) in [7, 11) is 4.81. The molecule has 3 heterocycles. The molecule has 0 aliphatic carbocycles. The highest BCUT2D eigenvalue weighted by atomic mass is 32.1. The van der Waals surface area contributed by atoms with E-state index in [4.69, 9.17) is 18.9 Å². The number of methoxy groups -OCH3 is 3. The summed E-state index contributed by atoms with van der Waals surface area (Å²) in [4.78, 5) is 21.7. The van der Waals surface area contributed by atoms with Gasteiger partial charge in [0.1, 0.15) is 6.10 Å². The number of piperidine rings is 2. The molecule has 186 valence electrons. The maximum Gasteiger partial charge on any atom is 0.273 e. The van der Waals surface area contributed by atoms with Gasteiger partial charge < -0.3 is 23.8 Å². The van der Waals surface area contributed by atoms with Crippen LogP contribution in [0.1, 0.15) is 37.7 Å². The highest BCUT2D eigenvalue weighted by Gasteiger charge is 2.30. The summed E-state index contributed by atoms with van der Waals surface area (Å²) >= 11 is 1.55. The van der Waals surface area contributed by atoms with E-state index in [1.807, 2.05) is 22.4 Å². The van der Waals surface area contributed by atoms with Crippen LogP contribution in [0.4, 0.5) is 0 Å². The summed E-state index contributed by atoms with van der Waals surface area (Å²) in [6.07, 6.45) is 7.24. The van der Waals surface area contributed by atoms with Gasteiger partial charge in [0, 0.05) is 50.2 Å². The van der Waals surface area contributed by atoms with Crippen LogP contribution >= 0.6 is 11.3 Å². The normalized spacial score (nSPS) is 18.0. The first kappa shape index (κ1) is 24.6. The van der Waals surface area contributed by atoms with Gasteiger partial charge in [0.25, 0.3) is 5.19 Å². The third kappa shape index (κ3) is 5.75. The lowest BCUT2D eigenvalue weighted by molar-refractivity contribution is -0.132. The Bertz CT molecular complexity index is 923. The van der Waals surface area contributed by atoms with Crippen LogP contribution in [-0.2, 0) is 11.2 Å². The molecule has 9 heteroatoms. The summed E-state index contributed by atoms with van der Waals surface area (Å²) < 4.78 is 22.4. The predicted octanol–water partition coefficient (Wildman–Crippen LogP) is 3.64. The molecule has 0 N–H and O–H groups in total. The molecule has 2 aliphatic rings. The monoisotopic (exact) mass is 489 g/mol. The number of nitrogens with zero attached hydrogens (tertiary/aromatic N) is 3. The minimum atomic E-state index is 0.200. The van der Waals surface area contributed by atoms with Gasteiger partial charge in [-0.15, -0.1) is 0 Å². The van der Waals surface area contributed by atoms with Gasteiger partial charge in [-0.1, -0.05) is 17.4 Å². The van der Waals surface area contributed by atoms with E-state index in [0.717, 1.165) is 62.6 Å². The molecule has 1 amide bonds. The van der Waals surface area contributed by atoms with E-state index in [1.165, 1.54) is 0 Å². The molecular weight excluding hydrogens is 454 g/mol. The topological polar surface area (TPSA) is 73.4 Å². The third-order valence-corrected chi connectivity index (χ3v) is 7.54. The van der Waals surface area contributed by atoms with Gasteiger partial charge >= 0.3 is 0 Å². The van der Waals surface area contributed by atoms with Crippen LogP contribution in [0, 0.1) is 0 Å². The fourth-order valence-electron chi connectivity index (χ4n) is 5.01. The van der Waals surface area contributed by atoms with Crippen LogP contribution in [0.5, 0.6) is 22.4 Å². The molecule has 2 aliphatic heterocycles. The van der Waals surface area contributed by atoms with Crippen molar-refractivity contribution in [2.75, 3.05) is 47.5 Å². The highest BCUT2D eigenvalue weighted by Crippen LogP contribution is 2.40. The van der Waals surface area contributed by atoms with Gasteiger partial charge in [0.15, 0.2) is 11.5 Å². The largest absolute Gasteiger partial charge is 0.493 e. The predicted molar refractivity (Wildman–Crippen MR) is 131 cm³/mol. The third-order valence-electron chi connectivity index (χ3n) is 6.88. The Morgan fingerprint density at radius 2 is 1.74 bits per heavy atom. The van der Waals surface area contributed by atoms with E-state index in [0.29, 0.717) is 36.1 Å². The first-order chi connectivity index (χ1) is 16.6. The quantitative estimate of drug-likeness (QED) is 0.533. The number of likely N-dealkylation sites (tertiary alicyclic amines) is 2. The first-order valence-electron chi connectivity index (χ1n) is 12.0. The lowest BCUT2D eigenvalue weighted by atomic mass is 9.98. The lowest BCUT2D eigenvalue weighted by Crippen LogP contribution is -2.50. The average Bonchev–Trinajstić information content (AvgIpc) is 3.40. The van der Waals surface area contributed by atoms with E-state index < -0.39 is 0 Å². The van der Waals surface area contributed by atoms with Gasteiger partial charge in [0.2, 0.25) is 11.7 Å². The molecule has 8 nitrogen and oxygen atoms in total. The van der Waals surface area contributed by atoms with Gasteiger partial charge in [-0.05, 0) is 43.7 Å². The van der Waals surface area contributed by atoms with E-state index in [9.17, 15) is 4.79 Å². The molecule has 2 fully saturated rings. The van der Waals surface area contributed by atoms with Gasteiger partial charge in [-0.3, -0.25) is 9.69 Å². The molecule has 2 saturated heterocycles. The number of aromatic nitrogens is 1. The number of thiazole rings is 1. The average molecular weight is 490 g/mol. The molecule has 34 heavy (non-hydrogen) atoms. The molecule has 4 rings (SSSR count). The SMILES string of the molecule is COc1ccc(CCC(=O)N2CCC(N3CCC(Oc4nccs4)CC3)CC2)c(OC)c1OC. The standard InChI is InChI=1S/C25H35N3O5S/c1-30-21-6-4-18(23(31-2)24(21)32-3)5-7-22(29)28-13-8-19(9-14-28)27-15-10-20(11-16-27)33-25-26-12-17-34-25/h4,6,12,17,19-20H,5,7-11,13-16H2,1-3H3. The van der Waals surface area contributed by atoms with Crippen LogP contribution < -0.4 is 18.9 Å². The molecule has 0 spiro atoms. The Kier molecular flexibility index (Phi) is 8.50. The number of benzene rings is 1. The molecule has 0 bridgehead atoms. The molecular formula is C25H35N3O5S. The molecule has 0 atom stereocenters. The Labute approximate surface area is 205 Å². The molecule has 0 saturated carbocycles. The zero-order valence-electron chi connectivity index (χ0n) is 20.3. The van der Waals surface area contributed by atoms with Crippen molar-refractivity contribution in [1.29, 1.82) is 0 Å². The molecule has 2 aromatic rings. The summed E-state index contributed by atoms with van der Waals surface area (Å²) in [6.45, 7) is 3.74. The number of amides is 1. The number of carbonyl (C=O) groups excluding carboxylic acids is 1.